The maximum absolute atomic E-state index is 10.3. The van der Waals surface area contributed by atoms with E-state index in [0.29, 0.717) is 5.06 Å². The Balaban J connectivity index is 3.00. The SMILES string of the molecule is O=NC=C1C=C([N+](=O)[O-])C=CN1O. The van der Waals surface area contributed by atoms with Crippen LogP contribution in [0, 0.1) is 15.0 Å². The Hall–Kier alpha value is -2.02. The second kappa shape index (κ2) is 3.59. The van der Waals surface area contributed by atoms with Gasteiger partial charge in [-0.2, -0.15) is 0 Å². The van der Waals surface area contributed by atoms with Gasteiger partial charge >= 0.3 is 0 Å². The van der Waals surface area contributed by atoms with Crippen LogP contribution in [0.15, 0.2) is 41.1 Å². The van der Waals surface area contributed by atoms with Crippen LogP contribution < -0.4 is 0 Å². The van der Waals surface area contributed by atoms with Gasteiger partial charge in [-0.1, -0.05) is 0 Å². The predicted octanol–water partition coefficient (Wildman–Crippen LogP) is 0.973. The van der Waals surface area contributed by atoms with Crippen LogP contribution in [-0.4, -0.2) is 15.2 Å². The minimum atomic E-state index is -0.637. The van der Waals surface area contributed by atoms with Gasteiger partial charge in [-0.3, -0.25) is 15.3 Å². The number of allylic oxidation sites excluding steroid dienone is 2. The number of nitro groups is 1. The molecule has 13 heavy (non-hydrogen) atoms. The number of nitroso groups, excluding NO2 is 1. The summed E-state index contributed by atoms with van der Waals surface area (Å²) < 4.78 is 0. The van der Waals surface area contributed by atoms with Crippen LogP contribution in [0.2, 0.25) is 0 Å². The molecule has 0 radical (unpaired) electrons. The highest BCUT2D eigenvalue weighted by Crippen LogP contribution is 2.15. The van der Waals surface area contributed by atoms with E-state index in [1.165, 1.54) is 0 Å². The maximum atomic E-state index is 10.3. The topological polar surface area (TPSA) is 96.0 Å². The largest absolute Gasteiger partial charge is 0.284 e. The molecule has 1 heterocycles. The summed E-state index contributed by atoms with van der Waals surface area (Å²) in [5.74, 6) is 0. The van der Waals surface area contributed by atoms with Crippen LogP contribution in [0.25, 0.3) is 0 Å². The van der Waals surface area contributed by atoms with Crippen molar-refractivity contribution in [2.45, 2.75) is 0 Å². The summed E-state index contributed by atoms with van der Waals surface area (Å²) >= 11 is 0. The van der Waals surface area contributed by atoms with Crippen molar-refractivity contribution in [3.8, 4) is 0 Å². The van der Waals surface area contributed by atoms with Crippen molar-refractivity contribution in [2.75, 3.05) is 0 Å². The Morgan fingerprint density at radius 1 is 1.69 bits per heavy atom. The van der Waals surface area contributed by atoms with Crippen molar-refractivity contribution in [3.63, 3.8) is 0 Å². The molecule has 0 unspecified atom stereocenters. The average molecular weight is 183 g/mol. The van der Waals surface area contributed by atoms with Gasteiger partial charge in [0.15, 0.2) is 0 Å². The Morgan fingerprint density at radius 2 is 2.38 bits per heavy atom. The zero-order chi connectivity index (χ0) is 9.84. The van der Waals surface area contributed by atoms with Crippen molar-refractivity contribution in [1.29, 1.82) is 0 Å². The molecular weight excluding hydrogens is 178 g/mol. The molecule has 1 rings (SSSR count). The highest BCUT2D eigenvalue weighted by atomic mass is 16.6. The average Bonchev–Trinajstić information content (AvgIpc) is 2.08. The van der Waals surface area contributed by atoms with E-state index in [1.807, 2.05) is 0 Å². The molecule has 0 aromatic heterocycles. The van der Waals surface area contributed by atoms with E-state index in [2.05, 4.69) is 5.18 Å². The Bertz CT molecular complexity index is 331. The van der Waals surface area contributed by atoms with Gasteiger partial charge in [0.05, 0.1) is 16.8 Å². The first-order valence-electron chi connectivity index (χ1n) is 3.20. The van der Waals surface area contributed by atoms with E-state index < -0.39 is 4.92 Å². The van der Waals surface area contributed by atoms with E-state index in [-0.39, 0.29) is 11.4 Å². The number of rotatable bonds is 2. The predicted molar refractivity (Wildman–Crippen MR) is 41.7 cm³/mol. The molecule has 0 aromatic carbocycles. The number of nitrogens with zero attached hydrogens (tertiary/aromatic N) is 3. The van der Waals surface area contributed by atoms with Crippen LogP contribution in [0.1, 0.15) is 0 Å². The standard InChI is InChI=1S/C6H5N3O4/c10-7-4-6-3-5(9(12)13)1-2-8(6)11/h1-4,11H. The lowest BCUT2D eigenvalue weighted by atomic mass is 10.3. The first-order valence-corrected chi connectivity index (χ1v) is 3.20. The van der Waals surface area contributed by atoms with Crippen LogP contribution in [0.3, 0.4) is 0 Å². The molecule has 0 saturated carbocycles. The summed E-state index contributed by atoms with van der Waals surface area (Å²) in [5.41, 5.74) is -0.274. The fourth-order valence-corrected chi connectivity index (χ4v) is 0.763. The molecule has 68 valence electrons. The molecule has 0 spiro atoms. The third-order valence-corrected chi connectivity index (χ3v) is 1.34. The molecule has 0 bridgehead atoms. The Kier molecular flexibility index (Phi) is 2.50. The fraction of sp³-hybridized carbons (Fsp3) is 0. The van der Waals surface area contributed by atoms with E-state index in [9.17, 15) is 15.0 Å². The van der Waals surface area contributed by atoms with Crippen molar-refractivity contribution < 1.29 is 10.1 Å². The molecule has 1 N–H and O–H groups in total. The van der Waals surface area contributed by atoms with Crippen molar-refractivity contribution >= 4 is 0 Å². The highest BCUT2D eigenvalue weighted by Gasteiger charge is 2.15. The maximum Gasteiger partial charge on any atom is 0.273 e. The summed E-state index contributed by atoms with van der Waals surface area (Å²) in [6.07, 6.45) is 3.95. The van der Waals surface area contributed by atoms with Gasteiger partial charge in [0.1, 0.15) is 0 Å². The number of hydrogen-bond acceptors (Lipinski definition) is 6. The molecule has 7 heteroatoms. The van der Waals surface area contributed by atoms with Crippen LogP contribution >= 0.6 is 0 Å². The smallest absolute Gasteiger partial charge is 0.273 e. The van der Waals surface area contributed by atoms with Crippen molar-refractivity contribution in [2.24, 2.45) is 5.18 Å². The molecule has 0 atom stereocenters. The fourth-order valence-electron chi connectivity index (χ4n) is 0.763. The summed E-state index contributed by atoms with van der Waals surface area (Å²) in [6.45, 7) is 0. The highest BCUT2D eigenvalue weighted by molar-refractivity contribution is 5.29. The van der Waals surface area contributed by atoms with Gasteiger partial charge < -0.3 is 0 Å². The number of hydrogen-bond donors (Lipinski definition) is 1. The monoisotopic (exact) mass is 183 g/mol. The molecule has 0 fully saturated rings. The van der Waals surface area contributed by atoms with Crippen LogP contribution in [0.4, 0.5) is 0 Å². The molecule has 0 saturated heterocycles. The van der Waals surface area contributed by atoms with Gasteiger partial charge in [-0.25, -0.2) is 5.06 Å². The van der Waals surface area contributed by atoms with Crippen molar-refractivity contribution in [1.82, 2.24) is 5.06 Å². The van der Waals surface area contributed by atoms with Gasteiger partial charge in [0, 0.05) is 18.4 Å². The molecule has 0 aromatic rings. The zero-order valence-corrected chi connectivity index (χ0v) is 6.32. The molecule has 1 aliphatic rings. The van der Waals surface area contributed by atoms with Gasteiger partial charge in [-0.15, -0.1) is 4.91 Å². The third-order valence-electron chi connectivity index (χ3n) is 1.34. The van der Waals surface area contributed by atoms with Gasteiger partial charge in [-0.05, 0) is 5.18 Å². The second-order valence-corrected chi connectivity index (χ2v) is 2.15. The Labute approximate surface area is 72.3 Å². The minimum absolute atomic E-state index is 0.0517. The van der Waals surface area contributed by atoms with E-state index in [0.717, 1.165) is 24.6 Å². The Morgan fingerprint density at radius 3 is 2.92 bits per heavy atom. The summed E-state index contributed by atoms with van der Waals surface area (Å²) in [7, 11) is 0. The summed E-state index contributed by atoms with van der Waals surface area (Å²) in [5, 5.41) is 22.2. The third kappa shape index (κ3) is 1.97. The second-order valence-electron chi connectivity index (χ2n) is 2.15. The van der Waals surface area contributed by atoms with E-state index in [4.69, 9.17) is 5.21 Å². The van der Waals surface area contributed by atoms with E-state index >= 15 is 0 Å². The van der Waals surface area contributed by atoms with Crippen LogP contribution in [0.5, 0.6) is 0 Å². The number of hydroxylamine groups is 2. The lowest BCUT2D eigenvalue weighted by molar-refractivity contribution is -0.419. The zero-order valence-electron chi connectivity index (χ0n) is 6.32. The first-order chi connectivity index (χ1) is 6.15. The molecule has 1 aliphatic heterocycles. The van der Waals surface area contributed by atoms with Gasteiger partial charge in [0.2, 0.25) is 0 Å². The molecule has 0 aliphatic carbocycles. The van der Waals surface area contributed by atoms with Crippen molar-refractivity contribution in [3.05, 3.63) is 51.0 Å². The summed E-state index contributed by atoms with van der Waals surface area (Å²) in [4.78, 5) is 19.4. The van der Waals surface area contributed by atoms with E-state index in [1.54, 1.807) is 0 Å². The lowest BCUT2D eigenvalue weighted by Gasteiger charge is -2.13. The minimum Gasteiger partial charge on any atom is -0.284 e. The van der Waals surface area contributed by atoms with Crippen LogP contribution in [-0.2, 0) is 0 Å². The summed E-state index contributed by atoms with van der Waals surface area (Å²) in [6, 6.07) is 0. The normalized spacial score (nSPS) is 18.7. The lowest BCUT2D eigenvalue weighted by Crippen LogP contribution is -2.14. The van der Waals surface area contributed by atoms with Gasteiger partial charge in [0.25, 0.3) is 5.70 Å². The molecule has 7 nitrogen and oxygen atoms in total. The first kappa shape index (κ1) is 9.07. The molecule has 0 amide bonds. The molecular formula is C6H5N3O4. The quantitative estimate of drug-likeness (QED) is 0.391.